The molecule has 0 radical (unpaired) electrons. The molecule has 0 aromatic carbocycles. The molecule has 1 N–H and O–H groups in total. The van der Waals surface area contributed by atoms with Gasteiger partial charge < -0.3 is 10.2 Å². The predicted octanol–water partition coefficient (Wildman–Crippen LogP) is 3.80. The highest BCUT2D eigenvalue weighted by molar-refractivity contribution is 6.37. The number of halogens is 1. The van der Waals surface area contributed by atoms with E-state index in [4.69, 9.17) is 16.6 Å². The minimum absolute atomic E-state index is 0.400. The SMILES string of the molecule is Cc1cn2nc(-c3ccc4c(Cl)c(N5C[C@@H](C)N[C@@H](C)C5)cnc4n3)cc(C)c2n1. The van der Waals surface area contributed by atoms with E-state index < -0.39 is 0 Å². The van der Waals surface area contributed by atoms with Crippen LogP contribution in [0.3, 0.4) is 0 Å². The van der Waals surface area contributed by atoms with Crippen molar-refractivity contribution in [2.75, 3.05) is 18.0 Å². The van der Waals surface area contributed by atoms with Gasteiger partial charge in [0, 0.05) is 30.6 Å². The highest BCUT2D eigenvalue weighted by atomic mass is 35.5. The number of anilines is 1. The second-order valence-corrected chi connectivity index (χ2v) is 8.64. The fraction of sp³-hybridized carbons (Fsp3) is 0.364. The van der Waals surface area contributed by atoms with Gasteiger partial charge in [-0.15, -0.1) is 0 Å². The number of pyridine rings is 2. The molecule has 30 heavy (non-hydrogen) atoms. The van der Waals surface area contributed by atoms with Crippen LogP contribution >= 0.6 is 11.6 Å². The first-order valence-corrected chi connectivity index (χ1v) is 10.6. The lowest BCUT2D eigenvalue weighted by molar-refractivity contribution is 0.407. The van der Waals surface area contributed by atoms with Gasteiger partial charge in [0.1, 0.15) is 5.69 Å². The Hall–Kier alpha value is -2.77. The number of nitrogens with zero attached hydrogens (tertiary/aromatic N) is 6. The minimum atomic E-state index is 0.400. The lowest BCUT2D eigenvalue weighted by atomic mass is 10.1. The van der Waals surface area contributed by atoms with E-state index in [1.165, 1.54) is 0 Å². The monoisotopic (exact) mass is 421 g/mol. The predicted molar refractivity (Wildman–Crippen MR) is 120 cm³/mol. The Kier molecular flexibility index (Phi) is 4.60. The molecular weight excluding hydrogens is 398 g/mol. The van der Waals surface area contributed by atoms with E-state index in [2.05, 4.69) is 39.1 Å². The van der Waals surface area contributed by atoms with E-state index >= 15 is 0 Å². The number of aromatic nitrogens is 5. The van der Waals surface area contributed by atoms with Crippen LogP contribution in [-0.2, 0) is 0 Å². The molecule has 2 atom stereocenters. The van der Waals surface area contributed by atoms with E-state index in [0.29, 0.717) is 22.8 Å². The molecule has 0 bridgehead atoms. The average molecular weight is 422 g/mol. The first kappa shape index (κ1) is 19.2. The van der Waals surface area contributed by atoms with Crippen LogP contribution in [0, 0.1) is 13.8 Å². The van der Waals surface area contributed by atoms with Crippen molar-refractivity contribution in [2.45, 2.75) is 39.8 Å². The Morgan fingerprint density at radius 1 is 1.07 bits per heavy atom. The van der Waals surface area contributed by atoms with Crippen molar-refractivity contribution >= 4 is 34.0 Å². The summed E-state index contributed by atoms with van der Waals surface area (Å²) in [6.07, 6.45) is 3.76. The molecule has 1 saturated heterocycles. The topological polar surface area (TPSA) is 71.2 Å². The van der Waals surface area contributed by atoms with Gasteiger partial charge in [0.25, 0.3) is 0 Å². The largest absolute Gasteiger partial charge is 0.366 e. The molecule has 0 spiro atoms. The summed E-state index contributed by atoms with van der Waals surface area (Å²) in [7, 11) is 0. The summed E-state index contributed by atoms with van der Waals surface area (Å²) in [5, 5.41) is 9.78. The molecule has 4 aromatic rings. The van der Waals surface area contributed by atoms with Gasteiger partial charge in [-0.3, -0.25) is 0 Å². The van der Waals surface area contributed by atoms with Crippen LogP contribution < -0.4 is 10.2 Å². The molecular formula is C22H24ClN7. The fourth-order valence-electron chi connectivity index (χ4n) is 4.29. The van der Waals surface area contributed by atoms with Gasteiger partial charge in [-0.2, -0.15) is 5.10 Å². The average Bonchev–Trinajstić information content (AvgIpc) is 3.08. The van der Waals surface area contributed by atoms with Crippen molar-refractivity contribution in [3.8, 4) is 11.4 Å². The van der Waals surface area contributed by atoms with Crippen molar-refractivity contribution in [3.63, 3.8) is 0 Å². The number of hydrogen-bond donors (Lipinski definition) is 1. The molecule has 8 heteroatoms. The van der Waals surface area contributed by atoms with Gasteiger partial charge >= 0.3 is 0 Å². The first-order valence-electron chi connectivity index (χ1n) is 10.2. The number of aryl methyl sites for hydroxylation is 2. The smallest absolute Gasteiger partial charge is 0.161 e. The van der Waals surface area contributed by atoms with Crippen LogP contribution in [0.2, 0.25) is 5.02 Å². The van der Waals surface area contributed by atoms with E-state index in [9.17, 15) is 0 Å². The van der Waals surface area contributed by atoms with Crippen LogP contribution in [0.5, 0.6) is 0 Å². The summed E-state index contributed by atoms with van der Waals surface area (Å²) in [4.78, 5) is 16.2. The van der Waals surface area contributed by atoms with Crippen molar-refractivity contribution in [3.05, 3.63) is 46.9 Å². The summed E-state index contributed by atoms with van der Waals surface area (Å²) >= 11 is 6.80. The third-order valence-corrected chi connectivity index (χ3v) is 5.93. The third-order valence-electron chi connectivity index (χ3n) is 5.54. The number of nitrogens with one attached hydrogen (secondary N) is 1. The molecule has 0 amide bonds. The molecule has 4 aromatic heterocycles. The van der Waals surface area contributed by atoms with Crippen LogP contribution in [0.15, 0.2) is 30.6 Å². The zero-order chi connectivity index (χ0) is 21.0. The van der Waals surface area contributed by atoms with Gasteiger partial charge in [-0.05, 0) is 51.5 Å². The van der Waals surface area contributed by atoms with E-state index in [1.54, 1.807) is 0 Å². The molecule has 5 rings (SSSR count). The molecule has 1 aliphatic heterocycles. The standard InChI is InChI=1S/C22H24ClN7/c1-12-7-18(28-30-11-15(4)26-22(12)30)17-6-5-16-20(23)19(8-24-21(16)27-17)29-9-13(2)25-14(3)10-29/h5-8,11,13-14,25H,9-10H2,1-4H3/t13-,14+. The van der Waals surface area contributed by atoms with Crippen LogP contribution in [0.1, 0.15) is 25.1 Å². The molecule has 0 saturated carbocycles. The quantitative estimate of drug-likeness (QED) is 0.531. The van der Waals surface area contributed by atoms with Crippen molar-refractivity contribution in [2.24, 2.45) is 0 Å². The second kappa shape index (κ2) is 7.18. The Labute approximate surface area is 180 Å². The van der Waals surface area contributed by atoms with E-state index in [-0.39, 0.29) is 0 Å². The molecule has 1 fully saturated rings. The second-order valence-electron chi connectivity index (χ2n) is 8.26. The Morgan fingerprint density at radius 2 is 1.83 bits per heavy atom. The molecule has 0 aliphatic carbocycles. The summed E-state index contributed by atoms with van der Waals surface area (Å²) in [5.74, 6) is 0. The van der Waals surface area contributed by atoms with Gasteiger partial charge in [-0.25, -0.2) is 19.5 Å². The minimum Gasteiger partial charge on any atom is -0.366 e. The summed E-state index contributed by atoms with van der Waals surface area (Å²) < 4.78 is 1.81. The maximum absolute atomic E-state index is 6.80. The zero-order valence-electron chi connectivity index (χ0n) is 17.5. The molecule has 0 unspecified atom stereocenters. The van der Waals surface area contributed by atoms with Crippen molar-refractivity contribution in [1.82, 2.24) is 29.9 Å². The van der Waals surface area contributed by atoms with Crippen LogP contribution in [0.25, 0.3) is 28.1 Å². The Balaban J connectivity index is 1.56. The molecule has 1 aliphatic rings. The first-order chi connectivity index (χ1) is 14.4. The molecule has 7 nitrogen and oxygen atoms in total. The number of fused-ring (bicyclic) bond motifs is 2. The lowest BCUT2D eigenvalue weighted by Crippen LogP contribution is -2.54. The van der Waals surface area contributed by atoms with Gasteiger partial charge in [0.2, 0.25) is 0 Å². The van der Waals surface area contributed by atoms with Crippen molar-refractivity contribution in [1.29, 1.82) is 0 Å². The van der Waals surface area contributed by atoms with Gasteiger partial charge in [-0.1, -0.05) is 11.6 Å². The number of piperazine rings is 1. The van der Waals surface area contributed by atoms with Crippen molar-refractivity contribution < 1.29 is 0 Å². The van der Waals surface area contributed by atoms with E-state index in [0.717, 1.165) is 52.5 Å². The highest BCUT2D eigenvalue weighted by Crippen LogP contribution is 2.33. The summed E-state index contributed by atoms with van der Waals surface area (Å²) in [6, 6.07) is 6.76. The Morgan fingerprint density at radius 3 is 2.60 bits per heavy atom. The number of rotatable bonds is 2. The highest BCUT2D eigenvalue weighted by Gasteiger charge is 2.24. The molecule has 5 heterocycles. The third kappa shape index (κ3) is 3.28. The molecule has 154 valence electrons. The van der Waals surface area contributed by atoms with E-state index in [1.807, 2.05) is 49.0 Å². The van der Waals surface area contributed by atoms with Gasteiger partial charge in [0.15, 0.2) is 11.3 Å². The Bertz CT molecular complexity index is 1260. The van der Waals surface area contributed by atoms with Crippen LogP contribution in [0.4, 0.5) is 5.69 Å². The maximum atomic E-state index is 6.80. The van der Waals surface area contributed by atoms with Gasteiger partial charge in [0.05, 0.1) is 34.5 Å². The normalized spacial score (nSPS) is 19.7. The summed E-state index contributed by atoms with van der Waals surface area (Å²) in [5.41, 5.74) is 5.99. The maximum Gasteiger partial charge on any atom is 0.161 e. The zero-order valence-corrected chi connectivity index (χ0v) is 18.3. The lowest BCUT2D eigenvalue weighted by Gasteiger charge is -2.37. The summed E-state index contributed by atoms with van der Waals surface area (Å²) in [6.45, 7) is 10.2. The number of imidazole rings is 1. The van der Waals surface area contributed by atoms with Crippen LogP contribution in [-0.4, -0.2) is 49.7 Å². The number of hydrogen-bond acceptors (Lipinski definition) is 6. The fourth-order valence-corrected chi connectivity index (χ4v) is 4.61.